The molecule has 0 unspecified atom stereocenters. The molecule has 3 rings (SSSR count). The first-order chi connectivity index (χ1) is 18.8. The molecule has 40 heavy (non-hydrogen) atoms. The SMILES string of the molecule is CC[C@H](C(=O)NC(C)C)N(Cc1ccccc1Cl)C(=O)CN(c1ccc(C)cc1C)S(=O)(=O)c1ccc(C)cc1. The highest BCUT2D eigenvalue weighted by Crippen LogP contribution is 2.29. The van der Waals surface area contributed by atoms with Gasteiger partial charge in [0.2, 0.25) is 11.8 Å². The number of nitrogens with zero attached hydrogens (tertiary/aromatic N) is 2. The Hall–Kier alpha value is -3.36. The van der Waals surface area contributed by atoms with E-state index in [0.717, 1.165) is 15.4 Å². The van der Waals surface area contributed by atoms with Gasteiger partial charge in [0.1, 0.15) is 12.6 Å². The summed E-state index contributed by atoms with van der Waals surface area (Å²) in [5, 5.41) is 3.35. The maximum atomic E-state index is 14.1. The number of amides is 2. The number of nitrogens with one attached hydrogen (secondary N) is 1. The van der Waals surface area contributed by atoms with Gasteiger partial charge < -0.3 is 10.2 Å². The number of aryl methyl sites for hydroxylation is 3. The van der Waals surface area contributed by atoms with Gasteiger partial charge in [-0.1, -0.05) is 72.1 Å². The van der Waals surface area contributed by atoms with Crippen LogP contribution in [-0.4, -0.2) is 43.8 Å². The van der Waals surface area contributed by atoms with Crippen LogP contribution >= 0.6 is 11.6 Å². The topological polar surface area (TPSA) is 86.8 Å². The molecule has 0 aliphatic heterocycles. The second-order valence-electron chi connectivity index (χ2n) is 10.3. The Labute approximate surface area is 243 Å². The highest BCUT2D eigenvalue weighted by atomic mass is 35.5. The number of halogens is 1. The lowest BCUT2D eigenvalue weighted by molar-refractivity contribution is -0.140. The van der Waals surface area contributed by atoms with Gasteiger partial charge in [-0.05, 0) is 76.4 Å². The van der Waals surface area contributed by atoms with E-state index in [1.807, 2.05) is 59.7 Å². The molecule has 7 nitrogen and oxygen atoms in total. The Balaban J connectivity index is 2.11. The Morgan fingerprint density at radius 3 is 2.12 bits per heavy atom. The van der Waals surface area contributed by atoms with Crippen LogP contribution in [0, 0.1) is 20.8 Å². The number of rotatable bonds is 11. The molecule has 1 N–H and O–H groups in total. The molecule has 0 saturated carbocycles. The van der Waals surface area contributed by atoms with E-state index in [9.17, 15) is 18.0 Å². The van der Waals surface area contributed by atoms with Crippen molar-refractivity contribution in [3.8, 4) is 0 Å². The quantitative estimate of drug-likeness (QED) is 0.309. The third kappa shape index (κ3) is 7.43. The Morgan fingerprint density at radius 1 is 0.925 bits per heavy atom. The summed E-state index contributed by atoms with van der Waals surface area (Å²) in [6.07, 6.45) is 0.336. The molecule has 214 valence electrons. The number of anilines is 1. The normalized spacial score (nSPS) is 12.2. The van der Waals surface area contributed by atoms with Gasteiger partial charge in [0.05, 0.1) is 10.6 Å². The number of carbonyl (C=O) groups excluding carboxylic acids is 2. The lowest BCUT2D eigenvalue weighted by Gasteiger charge is -2.34. The van der Waals surface area contributed by atoms with Crippen molar-refractivity contribution in [2.45, 2.75) is 71.5 Å². The van der Waals surface area contributed by atoms with Crippen molar-refractivity contribution >= 4 is 39.1 Å². The summed E-state index contributed by atoms with van der Waals surface area (Å²) < 4.78 is 29.2. The fourth-order valence-electron chi connectivity index (χ4n) is 4.55. The molecule has 3 aromatic rings. The van der Waals surface area contributed by atoms with Gasteiger partial charge >= 0.3 is 0 Å². The van der Waals surface area contributed by atoms with Crippen LogP contribution in [0.5, 0.6) is 0 Å². The average Bonchev–Trinajstić information content (AvgIpc) is 2.88. The standard InChI is InChI=1S/C31H38ClN3O4S/c1-7-28(31(37)33-21(2)3)34(19-25-10-8-9-11-27(25)32)30(36)20-35(29-17-14-23(5)18-24(29)6)40(38,39)26-15-12-22(4)13-16-26/h8-18,21,28H,7,19-20H2,1-6H3,(H,33,37)/t28-/m1/s1. The number of sulfonamides is 1. The maximum absolute atomic E-state index is 14.1. The summed E-state index contributed by atoms with van der Waals surface area (Å²) in [6.45, 7) is 10.7. The molecule has 3 aromatic carbocycles. The van der Waals surface area contributed by atoms with Crippen LogP contribution in [0.2, 0.25) is 5.02 Å². The first-order valence-corrected chi connectivity index (χ1v) is 15.2. The minimum atomic E-state index is -4.13. The highest BCUT2D eigenvalue weighted by molar-refractivity contribution is 7.92. The van der Waals surface area contributed by atoms with E-state index in [2.05, 4.69) is 5.32 Å². The van der Waals surface area contributed by atoms with Gasteiger partial charge in [0, 0.05) is 17.6 Å². The van der Waals surface area contributed by atoms with Gasteiger partial charge in [-0.2, -0.15) is 0 Å². The zero-order chi connectivity index (χ0) is 29.6. The van der Waals surface area contributed by atoms with Crippen LogP contribution < -0.4 is 9.62 Å². The van der Waals surface area contributed by atoms with Crippen LogP contribution in [-0.2, 0) is 26.2 Å². The Bertz CT molecular complexity index is 1460. The summed E-state index contributed by atoms with van der Waals surface area (Å²) >= 11 is 6.44. The van der Waals surface area contributed by atoms with Gasteiger partial charge in [-0.3, -0.25) is 13.9 Å². The van der Waals surface area contributed by atoms with Crippen LogP contribution in [0.1, 0.15) is 49.4 Å². The second kappa shape index (κ2) is 13.3. The average molecular weight is 584 g/mol. The zero-order valence-corrected chi connectivity index (χ0v) is 25.5. The van der Waals surface area contributed by atoms with E-state index >= 15 is 0 Å². The molecule has 0 bridgehead atoms. The molecule has 2 amide bonds. The maximum Gasteiger partial charge on any atom is 0.264 e. The molecule has 0 aromatic heterocycles. The van der Waals surface area contributed by atoms with Crippen molar-refractivity contribution in [1.29, 1.82) is 0 Å². The summed E-state index contributed by atoms with van der Waals surface area (Å²) in [5.41, 5.74) is 3.66. The molecule has 0 aliphatic carbocycles. The molecule has 0 saturated heterocycles. The van der Waals surface area contributed by atoms with E-state index in [4.69, 9.17) is 11.6 Å². The van der Waals surface area contributed by atoms with E-state index in [1.165, 1.54) is 17.0 Å². The lowest BCUT2D eigenvalue weighted by atomic mass is 10.1. The molecule has 0 heterocycles. The summed E-state index contributed by atoms with van der Waals surface area (Å²) in [4.78, 5) is 28.9. The molecule has 1 atom stereocenters. The van der Waals surface area contributed by atoms with E-state index in [0.29, 0.717) is 28.3 Å². The fraction of sp³-hybridized carbons (Fsp3) is 0.355. The van der Waals surface area contributed by atoms with Crippen molar-refractivity contribution in [1.82, 2.24) is 10.2 Å². The predicted molar refractivity (Wildman–Crippen MR) is 161 cm³/mol. The number of hydrogen-bond donors (Lipinski definition) is 1. The van der Waals surface area contributed by atoms with Crippen molar-refractivity contribution in [3.05, 3.63) is 94.0 Å². The van der Waals surface area contributed by atoms with Gasteiger partial charge in [-0.15, -0.1) is 0 Å². The van der Waals surface area contributed by atoms with Gasteiger partial charge in [0.25, 0.3) is 10.0 Å². The van der Waals surface area contributed by atoms with Crippen LogP contribution in [0.25, 0.3) is 0 Å². The number of hydrogen-bond acceptors (Lipinski definition) is 4. The highest BCUT2D eigenvalue weighted by Gasteiger charge is 2.34. The van der Waals surface area contributed by atoms with E-state index < -0.39 is 28.5 Å². The molecular formula is C31H38ClN3O4S. The minimum Gasteiger partial charge on any atom is -0.352 e. The molecule has 0 fully saturated rings. The van der Waals surface area contributed by atoms with Crippen molar-refractivity contribution < 1.29 is 18.0 Å². The molecule has 0 radical (unpaired) electrons. The third-order valence-electron chi connectivity index (χ3n) is 6.62. The van der Waals surface area contributed by atoms with E-state index in [-0.39, 0.29) is 23.4 Å². The van der Waals surface area contributed by atoms with Crippen LogP contribution in [0.4, 0.5) is 5.69 Å². The minimum absolute atomic E-state index is 0.0494. The predicted octanol–water partition coefficient (Wildman–Crippen LogP) is 5.79. The first kappa shape index (κ1) is 31.2. The molecule has 0 aliphatic rings. The summed E-state index contributed by atoms with van der Waals surface area (Å²) in [7, 11) is -4.13. The number of benzene rings is 3. The van der Waals surface area contributed by atoms with E-state index in [1.54, 1.807) is 36.4 Å². The van der Waals surface area contributed by atoms with Gasteiger partial charge in [0.15, 0.2) is 0 Å². The molecule has 9 heteroatoms. The smallest absolute Gasteiger partial charge is 0.264 e. The number of carbonyl (C=O) groups is 2. The Kier molecular flexibility index (Phi) is 10.4. The van der Waals surface area contributed by atoms with Crippen LogP contribution in [0.3, 0.4) is 0 Å². The lowest BCUT2D eigenvalue weighted by Crippen LogP contribution is -2.53. The second-order valence-corrected chi connectivity index (χ2v) is 12.6. The van der Waals surface area contributed by atoms with Crippen LogP contribution in [0.15, 0.2) is 71.6 Å². The third-order valence-corrected chi connectivity index (χ3v) is 8.77. The largest absolute Gasteiger partial charge is 0.352 e. The summed E-state index contributed by atoms with van der Waals surface area (Å²) in [5.74, 6) is -0.821. The van der Waals surface area contributed by atoms with Crippen molar-refractivity contribution in [2.24, 2.45) is 0 Å². The van der Waals surface area contributed by atoms with Crippen molar-refractivity contribution in [2.75, 3.05) is 10.8 Å². The summed E-state index contributed by atoms with van der Waals surface area (Å²) in [6, 6.07) is 18.1. The Morgan fingerprint density at radius 2 is 1.55 bits per heavy atom. The first-order valence-electron chi connectivity index (χ1n) is 13.3. The monoisotopic (exact) mass is 583 g/mol. The molecule has 0 spiro atoms. The molecular weight excluding hydrogens is 546 g/mol. The van der Waals surface area contributed by atoms with Gasteiger partial charge in [-0.25, -0.2) is 8.42 Å². The van der Waals surface area contributed by atoms with Crippen molar-refractivity contribution in [3.63, 3.8) is 0 Å². The zero-order valence-electron chi connectivity index (χ0n) is 23.9. The fourth-order valence-corrected chi connectivity index (χ4v) is 6.22.